The van der Waals surface area contributed by atoms with Crippen LogP contribution in [0.2, 0.25) is 5.02 Å². The van der Waals surface area contributed by atoms with Crippen molar-refractivity contribution < 1.29 is 8.42 Å². The number of nitrogens with zero attached hydrogens (tertiary/aromatic N) is 2. The van der Waals surface area contributed by atoms with E-state index in [9.17, 15) is 8.42 Å². The third-order valence-electron chi connectivity index (χ3n) is 3.91. The Bertz CT molecular complexity index is 602. The predicted octanol–water partition coefficient (Wildman–Crippen LogP) is 2.98. The van der Waals surface area contributed by atoms with E-state index < -0.39 is 10.0 Å². The number of nitrogens with one attached hydrogen (secondary N) is 1. The van der Waals surface area contributed by atoms with Crippen LogP contribution in [-0.2, 0) is 10.0 Å². The number of anilines is 1. The number of hydrogen-bond donors (Lipinski definition) is 1. The second kappa shape index (κ2) is 6.50. The SMILES string of the molecule is CCCNc1ncc(S(=O)(=O)N(C)C(C)C2CC2)cc1Cl. The standard InChI is InChI=1S/C14H22ClN3O2S/c1-4-7-16-14-13(15)8-12(9-17-14)21(19,20)18(3)10(2)11-5-6-11/h8-11H,4-7H2,1-3H3,(H,16,17). The monoisotopic (exact) mass is 331 g/mol. The van der Waals surface area contributed by atoms with Gasteiger partial charge in [0.2, 0.25) is 10.0 Å². The molecular formula is C14H22ClN3O2S. The maximum absolute atomic E-state index is 12.6. The van der Waals surface area contributed by atoms with Crippen LogP contribution in [0.4, 0.5) is 5.82 Å². The van der Waals surface area contributed by atoms with Gasteiger partial charge in [-0.15, -0.1) is 0 Å². The van der Waals surface area contributed by atoms with E-state index in [1.54, 1.807) is 7.05 Å². The molecule has 21 heavy (non-hydrogen) atoms. The summed E-state index contributed by atoms with van der Waals surface area (Å²) in [7, 11) is -1.92. The number of hydrogen-bond acceptors (Lipinski definition) is 4. The molecule has 0 amide bonds. The summed E-state index contributed by atoms with van der Waals surface area (Å²) in [5.74, 6) is 0.995. The van der Waals surface area contributed by atoms with E-state index in [1.165, 1.54) is 16.6 Å². The molecule has 1 aromatic rings. The highest BCUT2D eigenvalue weighted by Crippen LogP contribution is 2.36. The highest BCUT2D eigenvalue weighted by atomic mass is 35.5. The zero-order valence-electron chi connectivity index (χ0n) is 12.6. The maximum Gasteiger partial charge on any atom is 0.244 e. The molecule has 1 aromatic heterocycles. The van der Waals surface area contributed by atoms with E-state index in [4.69, 9.17) is 11.6 Å². The first-order chi connectivity index (χ1) is 9.87. The fourth-order valence-electron chi connectivity index (χ4n) is 2.20. The first-order valence-electron chi connectivity index (χ1n) is 7.25. The summed E-state index contributed by atoms with van der Waals surface area (Å²) >= 11 is 6.12. The zero-order chi connectivity index (χ0) is 15.6. The van der Waals surface area contributed by atoms with Gasteiger partial charge in [0.25, 0.3) is 0 Å². The van der Waals surface area contributed by atoms with Crippen LogP contribution < -0.4 is 5.32 Å². The van der Waals surface area contributed by atoms with Crippen molar-refractivity contribution in [1.82, 2.24) is 9.29 Å². The van der Waals surface area contributed by atoms with Gasteiger partial charge in [0.1, 0.15) is 10.7 Å². The molecule has 1 aliphatic carbocycles. The Kier molecular flexibility index (Phi) is 5.11. The normalized spacial score (nSPS) is 17.0. The van der Waals surface area contributed by atoms with Gasteiger partial charge in [0.05, 0.1) is 5.02 Å². The van der Waals surface area contributed by atoms with Gasteiger partial charge in [-0.25, -0.2) is 13.4 Å². The average Bonchev–Trinajstić information content (AvgIpc) is 3.28. The van der Waals surface area contributed by atoms with E-state index in [-0.39, 0.29) is 10.9 Å². The lowest BCUT2D eigenvalue weighted by Gasteiger charge is -2.24. The van der Waals surface area contributed by atoms with Crippen molar-refractivity contribution >= 4 is 27.4 Å². The topological polar surface area (TPSA) is 62.3 Å². The minimum Gasteiger partial charge on any atom is -0.369 e. The number of pyridine rings is 1. The Morgan fingerprint density at radius 3 is 2.71 bits per heavy atom. The molecule has 1 atom stereocenters. The first-order valence-corrected chi connectivity index (χ1v) is 9.07. The van der Waals surface area contributed by atoms with Gasteiger partial charge in [-0.3, -0.25) is 0 Å². The van der Waals surface area contributed by atoms with E-state index in [0.29, 0.717) is 16.8 Å². The van der Waals surface area contributed by atoms with Crippen molar-refractivity contribution in [3.05, 3.63) is 17.3 Å². The van der Waals surface area contributed by atoms with Crippen LogP contribution in [-0.4, -0.2) is 37.3 Å². The Balaban J connectivity index is 2.21. The van der Waals surface area contributed by atoms with Crippen molar-refractivity contribution in [3.63, 3.8) is 0 Å². The summed E-state index contributed by atoms with van der Waals surface area (Å²) in [5.41, 5.74) is 0. The molecule has 118 valence electrons. The van der Waals surface area contributed by atoms with Gasteiger partial charge in [-0.2, -0.15) is 4.31 Å². The van der Waals surface area contributed by atoms with Crippen LogP contribution in [0, 0.1) is 5.92 Å². The first kappa shape index (κ1) is 16.5. The van der Waals surface area contributed by atoms with Gasteiger partial charge in [0.15, 0.2) is 0 Å². The van der Waals surface area contributed by atoms with Gasteiger partial charge < -0.3 is 5.32 Å². The minimum absolute atomic E-state index is 0.00617. The number of aromatic nitrogens is 1. The molecule has 0 saturated heterocycles. The quantitative estimate of drug-likeness (QED) is 0.834. The number of halogens is 1. The molecule has 0 aromatic carbocycles. The molecule has 0 bridgehead atoms. The molecule has 0 radical (unpaired) electrons. The Morgan fingerprint density at radius 1 is 1.52 bits per heavy atom. The van der Waals surface area contributed by atoms with Crippen LogP contribution >= 0.6 is 11.6 Å². The molecule has 0 aliphatic heterocycles. The summed E-state index contributed by atoms with van der Waals surface area (Å²) in [4.78, 5) is 4.28. The van der Waals surface area contributed by atoms with E-state index >= 15 is 0 Å². The van der Waals surface area contributed by atoms with E-state index in [1.807, 2.05) is 13.8 Å². The summed E-state index contributed by atoms with van der Waals surface area (Å²) in [6.45, 7) is 4.73. The molecule has 7 heteroatoms. The molecule has 0 spiro atoms. The van der Waals surface area contributed by atoms with Crippen LogP contribution in [0.15, 0.2) is 17.2 Å². The third-order valence-corrected chi connectivity index (χ3v) is 6.11. The molecule has 1 fully saturated rings. The molecule has 2 rings (SSSR count). The summed E-state index contributed by atoms with van der Waals surface area (Å²) in [6.07, 6.45) is 4.51. The lowest BCUT2D eigenvalue weighted by Crippen LogP contribution is -2.36. The largest absolute Gasteiger partial charge is 0.369 e. The molecule has 5 nitrogen and oxygen atoms in total. The Hall–Kier alpha value is -0.850. The van der Waals surface area contributed by atoms with Crippen LogP contribution in [0.1, 0.15) is 33.1 Å². The average molecular weight is 332 g/mol. The smallest absolute Gasteiger partial charge is 0.244 e. The van der Waals surface area contributed by atoms with Gasteiger partial charge in [0, 0.05) is 25.8 Å². The summed E-state index contributed by atoms with van der Waals surface area (Å²) in [6, 6.07) is 1.48. The Labute approximate surface area is 131 Å². The second-order valence-corrected chi connectivity index (χ2v) is 7.93. The lowest BCUT2D eigenvalue weighted by molar-refractivity contribution is 0.357. The van der Waals surface area contributed by atoms with Crippen LogP contribution in [0.3, 0.4) is 0 Å². The fourth-order valence-corrected chi connectivity index (χ4v) is 3.89. The summed E-state index contributed by atoms with van der Waals surface area (Å²) in [5, 5.41) is 3.40. The predicted molar refractivity (Wildman–Crippen MR) is 85.2 cm³/mol. The maximum atomic E-state index is 12.6. The zero-order valence-corrected chi connectivity index (χ0v) is 14.2. The van der Waals surface area contributed by atoms with Gasteiger partial charge >= 0.3 is 0 Å². The molecule has 1 N–H and O–H groups in total. The van der Waals surface area contributed by atoms with Crippen molar-refractivity contribution in [2.45, 2.75) is 44.0 Å². The third kappa shape index (κ3) is 3.67. The molecule has 1 saturated carbocycles. The van der Waals surface area contributed by atoms with Crippen molar-refractivity contribution in [3.8, 4) is 0 Å². The van der Waals surface area contributed by atoms with Crippen LogP contribution in [0.25, 0.3) is 0 Å². The number of sulfonamides is 1. The van der Waals surface area contributed by atoms with Crippen LogP contribution in [0.5, 0.6) is 0 Å². The fraction of sp³-hybridized carbons (Fsp3) is 0.643. The lowest BCUT2D eigenvalue weighted by atomic mass is 10.2. The second-order valence-electron chi connectivity index (χ2n) is 5.53. The van der Waals surface area contributed by atoms with Gasteiger partial charge in [-0.1, -0.05) is 18.5 Å². The minimum atomic E-state index is -3.54. The van der Waals surface area contributed by atoms with Gasteiger partial charge in [-0.05, 0) is 38.2 Å². The molecule has 1 heterocycles. The molecular weight excluding hydrogens is 310 g/mol. The highest BCUT2D eigenvalue weighted by Gasteiger charge is 2.36. The number of rotatable bonds is 7. The highest BCUT2D eigenvalue weighted by molar-refractivity contribution is 7.89. The summed E-state index contributed by atoms with van der Waals surface area (Å²) < 4.78 is 26.6. The molecule has 1 aliphatic rings. The van der Waals surface area contributed by atoms with Crippen molar-refractivity contribution in [2.24, 2.45) is 5.92 Å². The molecule has 1 unspecified atom stereocenters. The van der Waals surface area contributed by atoms with E-state index in [2.05, 4.69) is 10.3 Å². The Morgan fingerprint density at radius 2 is 2.19 bits per heavy atom. The van der Waals surface area contributed by atoms with E-state index in [0.717, 1.165) is 25.8 Å². The van der Waals surface area contributed by atoms with Crippen molar-refractivity contribution in [1.29, 1.82) is 0 Å². The van der Waals surface area contributed by atoms with Crippen molar-refractivity contribution in [2.75, 3.05) is 18.9 Å².